The van der Waals surface area contributed by atoms with E-state index in [1.165, 1.54) is 18.6 Å². The van der Waals surface area contributed by atoms with Gasteiger partial charge in [-0.05, 0) is 48.3 Å². The van der Waals surface area contributed by atoms with Crippen LogP contribution in [0.3, 0.4) is 0 Å². The van der Waals surface area contributed by atoms with E-state index in [0.717, 1.165) is 12.8 Å². The number of phenols is 2. The van der Waals surface area contributed by atoms with Gasteiger partial charge in [0.2, 0.25) is 0 Å². The first kappa shape index (κ1) is 17.1. The molecule has 4 unspecified atom stereocenters. The normalized spacial score (nSPS) is 31.8. The summed E-state index contributed by atoms with van der Waals surface area (Å²) in [5.74, 6) is -0.549. The summed E-state index contributed by atoms with van der Waals surface area (Å²) in [5.41, 5.74) is 0.671. The molecule has 0 aliphatic heterocycles. The van der Waals surface area contributed by atoms with Gasteiger partial charge in [-0.15, -0.1) is 0 Å². The molecule has 1 aromatic carbocycles. The Labute approximate surface area is 142 Å². The molecule has 3 N–H and O–H groups in total. The molecule has 4 atom stereocenters. The van der Waals surface area contributed by atoms with Crippen LogP contribution in [0, 0.1) is 16.7 Å². The second-order valence-electron chi connectivity index (χ2n) is 8.08. The number of carbonyl (C=O) groups excluding carboxylic acids is 1. The van der Waals surface area contributed by atoms with Gasteiger partial charge < -0.3 is 20.1 Å². The Morgan fingerprint density at radius 2 is 2.00 bits per heavy atom. The molecule has 2 aliphatic rings. The zero-order valence-electron chi connectivity index (χ0n) is 14.5. The summed E-state index contributed by atoms with van der Waals surface area (Å²) in [6.07, 6.45) is 1.70. The third-order valence-corrected chi connectivity index (χ3v) is 6.71. The predicted octanol–water partition coefficient (Wildman–Crippen LogP) is 2.76. The molecule has 2 fully saturated rings. The van der Waals surface area contributed by atoms with Crippen LogP contribution in [-0.4, -0.2) is 33.5 Å². The molecule has 0 amide bonds. The maximum atomic E-state index is 12.3. The maximum Gasteiger partial charge on any atom is 0.335 e. The highest BCUT2D eigenvalue weighted by molar-refractivity contribution is 5.75. The maximum absolute atomic E-state index is 12.3. The summed E-state index contributed by atoms with van der Waals surface area (Å²) in [4.78, 5) is 12.3. The first-order chi connectivity index (χ1) is 11.1. The Balaban J connectivity index is 1.64. The Kier molecular flexibility index (Phi) is 4.03. The molecule has 2 saturated carbocycles. The van der Waals surface area contributed by atoms with Crippen LogP contribution in [0.2, 0.25) is 0 Å². The van der Waals surface area contributed by atoms with E-state index in [4.69, 9.17) is 4.74 Å². The number of aliphatic hydroxyl groups excluding tert-OH is 1. The molecule has 1 aromatic rings. The Bertz CT molecular complexity index is 653. The lowest BCUT2D eigenvalue weighted by Crippen LogP contribution is -2.40. The number of hydrogen-bond donors (Lipinski definition) is 3. The average molecular weight is 334 g/mol. The van der Waals surface area contributed by atoms with Crippen LogP contribution in [0.1, 0.15) is 45.6 Å². The second-order valence-corrected chi connectivity index (χ2v) is 8.08. The minimum absolute atomic E-state index is 0.0378. The van der Waals surface area contributed by atoms with Crippen molar-refractivity contribution < 1.29 is 24.9 Å². The SMILES string of the molecule is CC1(C)C2CCC1(C)C(OC(=O)C(O)Cc1ccc(O)c(O)c1)C2. The number of carbonyl (C=O) groups is 1. The van der Waals surface area contributed by atoms with Crippen molar-refractivity contribution in [2.75, 3.05) is 0 Å². The van der Waals surface area contributed by atoms with Crippen molar-refractivity contribution in [2.45, 2.75) is 58.7 Å². The van der Waals surface area contributed by atoms with E-state index in [0.29, 0.717) is 11.5 Å². The van der Waals surface area contributed by atoms with E-state index >= 15 is 0 Å². The molecular weight excluding hydrogens is 308 g/mol. The molecule has 24 heavy (non-hydrogen) atoms. The molecule has 0 aromatic heterocycles. The van der Waals surface area contributed by atoms with Crippen LogP contribution in [0.5, 0.6) is 11.5 Å². The quantitative estimate of drug-likeness (QED) is 0.582. The van der Waals surface area contributed by atoms with Crippen LogP contribution >= 0.6 is 0 Å². The van der Waals surface area contributed by atoms with E-state index in [-0.39, 0.29) is 34.9 Å². The van der Waals surface area contributed by atoms with E-state index in [9.17, 15) is 20.1 Å². The number of ether oxygens (including phenoxy) is 1. The third-order valence-electron chi connectivity index (χ3n) is 6.71. The van der Waals surface area contributed by atoms with Crippen molar-refractivity contribution >= 4 is 5.97 Å². The van der Waals surface area contributed by atoms with Gasteiger partial charge in [-0.25, -0.2) is 4.79 Å². The fourth-order valence-electron chi connectivity index (χ4n) is 4.53. The Morgan fingerprint density at radius 1 is 1.29 bits per heavy atom. The molecule has 5 nitrogen and oxygen atoms in total. The Morgan fingerprint density at radius 3 is 2.54 bits per heavy atom. The predicted molar refractivity (Wildman–Crippen MR) is 88.6 cm³/mol. The number of rotatable bonds is 4. The number of hydrogen-bond acceptors (Lipinski definition) is 5. The van der Waals surface area contributed by atoms with Gasteiger partial charge in [-0.2, -0.15) is 0 Å². The number of aromatic hydroxyl groups is 2. The first-order valence-electron chi connectivity index (χ1n) is 8.54. The van der Waals surface area contributed by atoms with Crippen molar-refractivity contribution in [2.24, 2.45) is 16.7 Å². The molecule has 2 aliphatic carbocycles. The number of phenolic OH excluding ortho intramolecular Hbond substituents is 2. The van der Waals surface area contributed by atoms with E-state index in [2.05, 4.69) is 20.8 Å². The molecule has 0 heterocycles. The van der Waals surface area contributed by atoms with Crippen LogP contribution in [0.15, 0.2) is 18.2 Å². The standard InChI is InChI=1S/C19H26O5/c1-18(2)12-6-7-19(18,3)16(10-12)24-17(23)15(22)9-11-4-5-13(20)14(21)8-11/h4-5,8,12,15-16,20-22H,6-7,9-10H2,1-3H3. The lowest BCUT2D eigenvalue weighted by atomic mass is 9.70. The minimum atomic E-state index is -1.28. The van der Waals surface area contributed by atoms with Gasteiger partial charge in [0.1, 0.15) is 6.10 Å². The number of benzene rings is 1. The van der Waals surface area contributed by atoms with Crippen LogP contribution in [-0.2, 0) is 16.0 Å². The zero-order valence-corrected chi connectivity index (χ0v) is 14.5. The summed E-state index contributed by atoms with van der Waals surface area (Å²) in [7, 11) is 0. The summed E-state index contributed by atoms with van der Waals surface area (Å²) in [5, 5.41) is 29.0. The first-order valence-corrected chi connectivity index (χ1v) is 8.54. The molecular formula is C19H26O5. The van der Waals surface area contributed by atoms with Gasteiger partial charge in [0.25, 0.3) is 0 Å². The number of esters is 1. The van der Waals surface area contributed by atoms with Crippen molar-refractivity contribution in [3.05, 3.63) is 23.8 Å². The molecule has 0 saturated heterocycles. The van der Waals surface area contributed by atoms with Gasteiger partial charge in [0.05, 0.1) is 0 Å². The highest BCUT2D eigenvalue weighted by atomic mass is 16.6. The lowest BCUT2D eigenvalue weighted by molar-refractivity contribution is -0.166. The zero-order chi connectivity index (χ0) is 17.7. The molecule has 0 spiro atoms. The second kappa shape index (κ2) is 5.66. The lowest BCUT2D eigenvalue weighted by Gasteiger charge is -2.38. The smallest absolute Gasteiger partial charge is 0.335 e. The fraction of sp³-hybridized carbons (Fsp3) is 0.632. The topological polar surface area (TPSA) is 87.0 Å². The summed E-state index contributed by atoms with van der Waals surface area (Å²) in [6.45, 7) is 6.67. The number of fused-ring (bicyclic) bond motifs is 2. The summed E-state index contributed by atoms with van der Waals surface area (Å²) >= 11 is 0. The molecule has 132 valence electrons. The van der Waals surface area contributed by atoms with Crippen molar-refractivity contribution in [3.8, 4) is 11.5 Å². The summed E-state index contributed by atoms with van der Waals surface area (Å²) in [6, 6.07) is 4.24. The minimum Gasteiger partial charge on any atom is -0.504 e. The Hall–Kier alpha value is -1.75. The van der Waals surface area contributed by atoms with Gasteiger partial charge in [0, 0.05) is 11.8 Å². The number of aliphatic hydroxyl groups is 1. The third kappa shape index (κ3) is 2.55. The summed E-state index contributed by atoms with van der Waals surface area (Å²) < 4.78 is 5.67. The fourth-order valence-corrected chi connectivity index (χ4v) is 4.53. The van der Waals surface area contributed by atoms with Gasteiger partial charge in [-0.1, -0.05) is 26.8 Å². The van der Waals surface area contributed by atoms with Gasteiger partial charge in [-0.3, -0.25) is 0 Å². The van der Waals surface area contributed by atoms with Crippen molar-refractivity contribution in [1.82, 2.24) is 0 Å². The van der Waals surface area contributed by atoms with Crippen LogP contribution in [0.25, 0.3) is 0 Å². The monoisotopic (exact) mass is 334 g/mol. The highest BCUT2D eigenvalue weighted by Gasteiger charge is 2.63. The van der Waals surface area contributed by atoms with Crippen LogP contribution in [0.4, 0.5) is 0 Å². The van der Waals surface area contributed by atoms with Crippen LogP contribution < -0.4 is 0 Å². The van der Waals surface area contributed by atoms with E-state index in [1.54, 1.807) is 6.07 Å². The molecule has 2 bridgehead atoms. The highest BCUT2D eigenvalue weighted by Crippen LogP contribution is 2.66. The average Bonchev–Trinajstić information content (AvgIpc) is 2.84. The van der Waals surface area contributed by atoms with E-state index < -0.39 is 12.1 Å². The van der Waals surface area contributed by atoms with Crippen molar-refractivity contribution in [1.29, 1.82) is 0 Å². The van der Waals surface area contributed by atoms with Gasteiger partial charge in [0.15, 0.2) is 17.6 Å². The van der Waals surface area contributed by atoms with Crippen molar-refractivity contribution in [3.63, 3.8) is 0 Å². The molecule has 5 heteroatoms. The molecule has 3 rings (SSSR count). The van der Waals surface area contributed by atoms with E-state index in [1.807, 2.05) is 0 Å². The van der Waals surface area contributed by atoms with Gasteiger partial charge >= 0.3 is 5.97 Å². The largest absolute Gasteiger partial charge is 0.504 e. The molecule has 0 radical (unpaired) electrons.